The number of carbonyl (C=O) groups excluding carboxylic acids is 6. The number of hydrogen-bond acceptors (Lipinski definition) is 9. The van der Waals surface area contributed by atoms with E-state index in [0.717, 1.165) is 0 Å². The fraction of sp³-hybridized carbons (Fsp3) is 0.538. The van der Waals surface area contributed by atoms with Gasteiger partial charge in [0.2, 0.25) is 17.7 Å². The quantitative estimate of drug-likeness (QED) is 0.0916. The summed E-state index contributed by atoms with van der Waals surface area (Å²) in [6.45, 7) is 5.29. The van der Waals surface area contributed by atoms with Crippen LogP contribution in [-0.2, 0) is 23.9 Å². The van der Waals surface area contributed by atoms with Crippen LogP contribution < -0.4 is 42.8 Å². The number of nitrogens with one attached hydrogen (secondary N) is 5. The first kappa shape index (κ1) is 34.6. The van der Waals surface area contributed by atoms with Crippen LogP contribution in [-0.4, -0.2) is 81.1 Å². The van der Waals surface area contributed by atoms with Crippen molar-refractivity contribution >= 4 is 41.3 Å². The van der Waals surface area contributed by atoms with Crippen molar-refractivity contribution < 1.29 is 38.2 Å². The van der Waals surface area contributed by atoms with Gasteiger partial charge in [0.25, 0.3) is 5.91 Å². The highest BCUT2D eigenvalue weighted by molar-refractivity contribution is 5.99. The summed E-state index contributed by atoms with van der Waals surface area (Å²) < 4.78 is 10.3. The molecule has 0 aliphatic carbocycles. The number of amides is 6. The molecule has 41 heavy (non-hydrogen) atoms. The normalized spacial score (nSPS) is 12.0. The number of carbonyl (C=O) groups is 6. The van der Waals surface area contributed by atoms with E-state index in [-0.39, 0.29) is 35.9 Å². The summed E-state index contributed by atoms with van der Waals surface area (Å²) >= 11 is 0. The molecule has 0 aliphatic rings. The van der Waals surface area contributed by atoms with E-state index >= 15 is 0 Å². The van der Waals surface area contributed by atoms with Gasteiger partial charge in [0.15, 0.2) is 6.61 Å². The molecule has 15 heteroatoms. The lowest BCUT2D eigenvalue weighted by molar-refractivity contribution is -0.131. The number of primary amides is 1. The number of methoxy groups -OCH3 is 1. The number of benzene rings is 1. The molecular weight excluding hydrogens is 538 g/mol. The minimum Gasteiger partial charge on any atom is -0.483 e. The number of ether oxygens (including phenoxy) is 2. The largest absolute Gasteiger partial charge is 0.483 e. The van der Waals surface area contributed by atoms with Crippen molar-refractivity contribution in [2.24, 2.45) is 17.4 Å². The second-order valence-electron chi connectivity index (χ2n) is 9.39. The lowest BCUT2D eigenvalue weighted by Crippen LogP contribution is -2.54. The molecule has 6 amide bonds. The molecule has 0 aliphatic heterocycles. The summed E-state index contributed by atoms with van der Waals surface area (Å²) in [6.07, 6.45) is 0.998. The third-order valence-corrected chi connectivity index (χ3v) is 5.63. The van der Waals surface area contributed by atoms with Gasteiger partial charge in [0.1, 0.15) is 23.4 Å². The third kappa shape index (κ3) is 13.0. The Bertz CT molecular complexity index is 1080. The smallest absolute Gasteiger partial charge is 0.341 e. The van der Waals surface area contributed by atoms with Gasteiger partial charge in [-0.15, -0.1) is 0 Å². The van der Waals surface area contributed by atoms with Gasteiger partial charge in [-0.05, 0) is 43.9 Å². The zero-order chi connectivity index (χ0) is 30.9. The Balaban J connectivity index is 3.13. The van der Waals surface area contributed by atoms with Crippen LogP contribution in [0.5, 0.6) is 5.75 Å². The Morgan fingerprint density at radius 3 is 2.22 bits per heavy atom. The van der Waals surface area contributed by atoms with Crippen LogP contribution >= 0.6 is 0 Å². The van der Waals surface area contributed by atoms with E-state index in [4.69, 9.17) is 20.9 Å². The Kier molecular flexibility index (Phi) is 15.2. The molecule has 0 heterocycles. The molecule has 2 atom stereocenters. The predicted molar refractivity (Wildman–Crippen MR) is 150 cm³/mol. The summed E-state index contributed by atoms with van der Waals surface area (Å²) in [6, 6.07) is 1.46. The average molecular weight is 580 g/mol. The van der Waals surface area contributed by atoms with Gasteiger partial charge in [-0.2, -0.15) is 0 Å². The van der Waals surface area contributed by atoms with Crippen molar-refractivity contribution in [3.8, 4) is 5.75 Å². The molecule has 0 bridgehead atoms. The Morgan fingerprint density at radius 2 is 1.63 bits per heavy atom. The first-order valence-electron chi connectivity index (χ1n) is 13.1. The molecule has 0 unspecified atom stereocenters. The lowest BCUT2D eigenvalue weighted by Gasteiger charge is -2.25. The second-order valence-corrected chi connectivity index (χ2v) is 9.39. The summed E-state index contributed by atoms with van der Waals surface area (Å²) in [5.41, 5.74) is 10.7. The van der Waals surface area contributed by atoms with E-state index in [0.29, 0.717) is 25.9 Å². The van der Waals surface area contributed by atoms with E-state index < -0.39 is 54.3 Å². The van der Waals surface area contributed by atoms with Crippen molar-refractivity contribution in [3.63, 3.8) is 0 Å². The average Bonchev–Trinajstić information content (AvgIpc) is 2.91. The summed E-state index contributed by atoms with van der Waals surface area (Å²) in [7, 11) is 1.19. The minimum absolute atomic E-state index is 0.0135. The third-order valence-electron chi connectivity index (χ3n) is 5.63. The molecule has 0 radical (unpaired) electrons. The molecule has 9 N–H and O–H groups in total. The van der Waals surface area contributed by atoms with Crippen LogP contribution in [0.3, 0.4) is 0 Å². The zero-order valence-electron chi connectivity index (χ0n) is 23.8. The molecule has 0 aromatic heterocycles. The fourth-order valence-corrected chi connectivity index (χ4v) is 3.55. The van der Waals surface area contributed by atoms with E-state index in [9.17, 15) is 28.8 Å². The number of esters is 1. The van der Waals surface area contributed by atoms with Crippen molar-refractivity contribution in [3.05, 3.63) is 23.8 Å². The summed E-state index contributed by atoms with van der Waals surface area (Å²) in [4.78, 5) is 73.1. The lowest BCUT2D eigenvalue weighted by atomic mass is 10.0. The molecule has 1 aromatic carbocycles. The second kappa shape index (κ2) is 18.0. The van der Waals surface area contributed by atoms with E-state index in [1.807, 2.05) is 0 Å². The van der Waals surface area contributed by atoms with Crippen LogP contribution in [0, 0.1) is 5.92 Å². The van der Waals surface area contributed by atoms with Crippen LogP contribution in [0.2, 0.25) is 0 Å². The van der Waals surface area contributed by atoms with Crippen LogP contribution in [0.4, 0.5) is 10.5 Å². The minimum atomic E-state index is -1.06. The van der Waals surface area contributed by atoms with E-state index in [1.165, 1.54) is 32.2 Å². The SMILES string of the molecule is COC(=O)c1ccc(NC(=O)[C@H](CCCNC(N)=O)NC(=O)[C@@H](NC(C)=O)C(C)C)cc1OCC(=O)NCCCN. The number of urea groups is 1. The zero-order valence-corrected chi connectivity index (χ0v) is 23.8. The highest BCUT2D eigenvalue weighted by Crippen LogP contribution is 2.25. The van der Waals surface area contributed by atoms with Crippen LogP contribution in [0.1, 0.15) is 50.4 Å². The molecule has 0 fully saturated rings. The number of anilines is 1. The van der Waals surface area contributed by atoms with E-state index in [2.05, 4.69) is 26.6 Å². The molecule has 1 aromatic rings. The molecule has 228 valence electrons. The van der Waals surface area contributed by atoms with E-state index in [1.54, 1.807) is 13.8 Å². The van der Waals surface area contributed by atoms with Crippen molar-refractivity contribution in [2.75, 3.05) is 38.7 Å². The van der Waals surface area contributed by atoms with Crippen LogP contribution in [0.25, 0.3) is 0 Å². The maximum atomic E-state index is 13.3. The summed E-state index contributed by atoms with van der Waals surface area (Å²) in [5.74, 6) is -3.02. The standard InChI is InChI=1S/C26H41N7O8/c1-15(2)22(31-16(3)34)24(37)33-19(7-5-11-30-26(28)39)23(36)32-17-8-9-18(25(38)40-4)20(13-17)41-14-21(35)29-12-6-10-27/h8-9,13,15,19,22H,5-7,10-12,14,27H2,1-4H3,(H,29,35)(H,31,34)(H,32,36)(H,33,37)(H3,28,30,39)/t19-,22-/m0/s1. The molecule has 0 saturated heterocycles. The van der Waals surface area contributed by atoms with Crippen molar-refractivity contribution in [1.29, 1.82) is 0 Å². The Hall–Kier alpha value is -4.40. The highest BCUT2D eigenvalue weighted by atomic mass is 16.5. The Morgan fingerprint density at radius 1 is 0.951 bits per heavy atom. The van der Waals surface area contributed by atoms with Crippen molar-refractivity contribution in [1.82, 2.24) is 21.3 Å². The molecule has 0 spiro atoms. The fourth-order valence-electron chi connectivity index (χ4n) is 3.55. The maximum Gasteiger partial charge on any atom is 0.341 e. The highest BCUT2D eigenvalue weighted by Gasteiger charge is 2.28. The molecule has 0 saturated carbocycles. The first-order valence-corrected chi connectivity index (χ1v) is 13.1. The van der Waals surface area contributed by atoms with Gasteiger partial charge in [-0.3, -0.25) is 19.2 Å². The molecular formula is C26H41N7O8. The maximum absolute atomic E-state index is 13.3. The molecule has 15 nitrogen and oxygen atoms in total. The van der Waals surface area contributed by atoms with Crippen LogP contribution in [0.15, 0.2) is 18.2 Å². The van der Waals surface area contributed by atoms with Gasteiger partial charge in [0.05, 0.1) is 7.11 Å². The van der Waals surface area contributed by atoms with Gasteiger partial charge < -0.3 is 47.5 Å². The van der Waals surface area contributed by atoms with Gasteiger partial charge in [0, 0.05) is 31.8 Å². The number of rotatable bonds is 17. The topological polar surface area (TPSA) is 233 Å². The predicted octanol–water partition coefficient (Wildman–Crippen LogP) is -0.650. The number of hydrogen-bond donors (Lipinski definition) is 7. The van der Waals surface area contributed by atoms with Crippen molar-refractivity contribution in [2.45, 2.75) is 52.1 Å². The van der Waals surface area contributed by atoms with Gasteiger partial charge in [-0.25, -0.2) is 9.59 Å². The van der Waals surface area contributed by atoms with Gasteiger partial charge >= 0.3 is 12.0 Å². The monoisotopic (exact) mass is 579 g/mol. The number of nitrogens with two attached hydrogens (primary N) is 2. The van der Waals surface area contributed by atoms with Gasteiger partial charge in [-0.1, -0.05) is 13.8 Å². The first-order chi connectivity index (χ1) is 19.4. The molecule has 1 rings (SSSR count). The Labute approximate surface area is 238 Å². The summed E-state index contributed by atoms with van der Waals surface area (Å²) in [5, 5.41) is 12.9.